The van der Waals surface area contributed by atoms with Gasteiger partial charge in [0.05, 0.1) is 0 Å². The molecule has 0 spiro atoms. The Bertz CT molecular complexity index is 1030. The van der Waals surface area contributed by atoms with Crippen LogP contribution in [0.4, 0.5) is 4.39 Å². The number of benzene rings is 1. The maximum absolute atomic E-state index is 12.9. The summed E-state index contributed by atoms with van der Waals surface area (Å²) in [5.41, 5.74) is 0.749. The summed E-state index contributed by atoms with van der Waals surface area (Å²) in [5.74, 6) is -1.04. The second kappa shape index (κ2) is 6.45. The normalized spacial score (nSPS) is 11.7. The van der Waals surface area contributed by atoms with Gasteiger partial charge in [0.1, 0.15) is 17.0 Å². The quantitative estimate of drug-likeness (QED) is 0.684. The second-order valence-electron chi connectivity index (χ2n) is 5.11. The first-order chi connectivity index (χ1) is 11.4. The smallest absolute Gasteiger partial charge is 0.282 e. The van der Waals surface area contributed by atoms with E-state index < -0.39 is 11.5 Å². The first-order valence-corrected chi connectivity index (χ1v) is 7.77. The summed E-state index contributed by atoms with van der Waals surface area (Å²) < 4.78 is 13.7. The Kier molecular flexibility index (Phi) is 4.35. The number of nitrogens with one attached hydrogen (secondary N) is 1. The van der Waals surface area contributed by atoms with Crippen molar-refractivity contribution in [3.05, 3.63) is 74.4 Å². The molecule has 0 unspecified atom stereocenters. The average Bonchev–Trinajstić information content (AvgIpc) is 2.55. The molecular weight excluding hydrogens is 377 g/mol. The van der Waals surface area contributed by atoms with Gasteiger partial charge in [0.15, 0.2) is 0 Å². The maximum atomic E-state index is 12.9. The average molecular weight is 388 g/mol. The molecule has 3 rings (SSSR count). The summed E-state index contributed by atoms with van der Waals surface area (Å²) in [4.78, 5) is 35.0. The van der Waals surface area contributed by atoms with Crippen LogP contribution in [0.25, 0.3) is 11.0 Å². The number of carbonyl (C=O) groups excluding carboxylic acids is 1. The monoisotopic (exact) mass is 387 g/mol. The van der Waals surface area contributed by atoms with E-state index in [1.165, 1.54) is 30.3 Å². The molecule has 0 atom stereocenters. The Morgan fingerprint density at radius 1 is 1.25 bits per heavy atom. The number of hydrogen-bond acceptors (Lipinski definition) is 3. The van der Waals surface area contributed by atoms with Gasteiger partial charge in [-0.3, -0.25) is 9.59 Å². The Balaban J connectivity index is 2.01. The number of carbonyl (C=O) groups is 1. The van der Waals surface area contributed by atoms with Crippen LogP contribution in [-0.4, -0.2) is 21.6 Å². The molecule has 0 saturated carbocycles. The van der Waals surface area contributed by atoms with Crippen molar-refractivity contribution in [3.8, 4) is 0 Å². The van der Waals surface area contributed by atoms with Crippen LogP contribution in [0.15, 0.2) is 56.9 Å². The number of aliphatic imine (C=N–C) groups is 1. The standard InChI is InChI=1S/C17H11BrFN3O2/c1-9(10-2-4-13(19)5-3-10)21-16(23)14-7-11-6-12(18)8-20-15(11)22-17(14)24/h2-8H,1H3,(H,20,22,24). The number of nitrogens with zero attached hydrogens (tertiary/aromatic N) is 2. The predicted octanol–water partition coefficient (Wildman–Crippen LogP) is 3.47. The lowest BCUT2D eigenvalue weighted by Gasteiger charge is -2.02. The van der Waals surface area contributed by atoms with Gasteiger partial charge in [0.2, 0.25) is 0 Å². The van der Waals surface area contributed by atoms with Gasteiger partial charge in [0, 0.05) is 21.8 Å². The zero-order valence-electron chi connectivity index (χ0n) is 12.5. The third kappa shape index (κ3) is 3.30. The number of rotatable bonds is 2. The predicted molar refractivity (Wildman–Crippen MR) is 93.0 cm³/mol. The lowest BCUT2D eigenvalue weighted by Crippen LogP contribution is -2.17. The van der Waals surface area contributed by atoms with Crippen molar-refractivity contribution in [3.63, 3.8) is 0 Å². The van der Waals surface area contributed by atoms with E-state index in [2.05, 4.69) is 30.9 Å². The minimum Gasteiger partial charge on any atom is -0.306 e. The second-order valence-corrected chi connectivity index (χ2v) is 6.03. The number of aromatic amines is 1. The Morgan fingerprint density at radius 3 is 2.67 bits per heavy atom. The summed E-state index contributed by atoms with van der Waals surface area (Å²) in [6, 6.07) is 8.80. The van der Waals surface area contributed by atoms with Crippen LogP contribution in [0.1, 0.15) is 22.8 Å². The number of hydrogen-bond donors (Lipinski definition) is 1. The fourth-order valence-electron chi connectivity index (χ4n) is 2.19. The molecule has 0 radical (unpaired) electrons. The van der Waals surface area contributed by atoms with Crippen LogP contribution in [0.3, 0.4) is 0 Å². The highest BCUT2D eigenvalue weighted by Crippen LogP contribution is 2.16. The summed E-state index contributed by atoms with van der Waals surface area (Å²) >= 11 is 3.29. The lowest BCUT2D eigenvalue weighted by atomic mass is 10.1. The third-order valence-electron chi connectivity index (χ3n) is 3.42. The molecular formula is C17H11BrFN3O2. The van der Waals surface area contributed by atoms with Crippen LogP contribution in [0.5, 0.6) is 0 Å². The fourth-order valence-corrected chi connectivity index (χ4v) is 2.54. The van der Waals surface area contributed by atoms with Gasteiger partial charge in [0.25, 0.3) is 11.5 Å². The van der Waals surface area contributed by atoms with Crippen molar-refractivity contribution in [2.75, 3.05) is 0 Å². The van der Waals surface area contributed by atoms with E-state index in [9.17, 15) is 14.0 Å². The Morgan fingerprint density at radius 2 is 1.96 bits per heavy atom. The van der Waals surface area contributed by atoms with E-state index >= 15 is 0 Å². The third-order valence-corrected chi connectivity index (χ3v) is 3.86. The van der Waals surface area contributed by atoms with Crippen LogP contribution >= 0.6 is 15.9 Å². The molecule has 0 saturated heterocycles. The topological polar surface area (TPSA) is 75.2 Å². The van der Waals surface area contributed by atoms with E-state index in [0.717, 1.165) is 4.47 Å². The zero-order valence-corrected chi connectivity index (χ0v) is 14.1. The largest absolute Gasteiger partial charge is 0.306 e. The van der Waals surface area contributed by atoms with Crippen LogP contribution < -0.4 is 5.56 Å². The molecule has 0 aliphatic heterocycles. The molecule has 2 aromatic heterocycles. The number of aromatic nitrogens is 2. The summed E-state index contributed by atoms with van der Waals surface area (Å²) in [7, 11) is 0. The van der Waals surface area contributed by atoms with Crippen LogP contribution in [0, 0.1) is 5.82 Å². The van der Waals surface area contributed by atoms with Gasteiger partial charge in [-0.2, -0.15) is 0 Å². The van der Waals surface area contributed by atoms with Crippen molar-refractivity contribution >= 4 is 38.6 Å². The molecule has 5 nitrogen and oxygen atoms in total. The van der Waals surface area contributed by atoms with Gasteiger partial charge in [-0.05, 0) is 52.7 Å². The highest BCUT2D eigenvalue weighted by atomic mass is 79.9. The van der Waals surface area contributed by atoms with E-state index in [1.807, 2.05) is 0 Å². The van der Waals surface area contributed by atoms with Crippen molar-refractivity contribution in [2.24, 2.45) is 4.99 Å². The molecule has 1 aromatic carbocycles. The van der Waals surface area contributed by atoms with Crippen molar-refractivity contribution in [1.82, 2.24) is 9.97 Å². The lowest BCUT2D eigenvalue weighted by molar-refractivity contribution is 0.100. The number of H-pyrrole nitrogens is 1. The van der Waals surface area contributed by atoms with Gasteiger partial charge in [-0.15, -0.1) is 0 Å². The van der Waals surface area contributed by atoms with Gasteiger partial charge in [-0.25, -0.2) is 14.4 Å². The Labute approximate surface area is 144 Å². The number of pyridine rings is 2. The molecule has 24 heavy (non-hydrogen) atoms. The summed E-state index contributed by atoms with van der Waals surface area (Å²) in [5, 5.41) is 0.613. The van der Waals surface area contributed by atoms with Crippen LogP contribution in [-0.2, 0) is 0 Å². The van der Waals surface area contributed by atoms with E-state index in [-0.39, 0.29) is 11.4 Å². The SMILES string of the molecule is CC(=NC(=O)c1cc2cc(Br)cnc2[nH]c1=O)c1ccc(F)cc1. The molecule has 2 heterocycles. The van der Waals surface area contributed by atoms with E-state index in [1.54, 1.807) is 19.2 Å². The maximum Gasteiger partial charge on any atom is 0.282 e. The number of fused-ring (bicyclic) bond motifs is 1. The zero-order chi connectivity index (χ0) is 17.3. The molecule has 3 aromatic rings. The minimum atomic E-state index is -0.667. The van der Waals surface area contributed by atoms with Crippen molar-refractivity contribution in [2.45, 2.75) is 6.92 Å². The van der Waals surface area contributed by atoms with Gasteiger partial charge >= 0.3 is 0 Å². The molecule has 0 bridgehead atoms. The Hall–Kier alpha value is -2.67. The first-order valence-electron chi connectivity index (χ1n) is 6.98. The molecule has 0 aliphatic rings. The minimum absolute atomic E-state index is 0.0798. The van der Waals surface area contributed by atoms with E-state index in [0.29, 0.717) is 22.3 Å². The summed E-state index contributed by atoms with van der Waals surface area (Å²) in [6.45, 7) is 1.62. The number of amides is 1. The highest BCUT2D eigenvalue weighted by Gasteiger charge is 2.13. The molecule has 7 heteroatoms. The van der Waals surface area contributed by atoms with Gasteiger partial charge in [-0.1, -0.05) is 12.1 Å². The molecule has 0 fully saturated rings. The summed E-state index contributed by atoms with van der Waals surface area (Å²) in [6.07, 6.45) is 1.55. The first kappa shape index (κ1) is 16.2. The number of halogens is 2. The fraction of sp³-hybridized carbons (Fsp3) is 0.0588. The van der Waals surface area contributed by atoms with Crippen molar-refractivity contribution in [1.29, 1.82) is 0 Å². The van der Waals surface area contributed by atoms with E-state index in [4.69, 9.17) is 0 Å². The molecule has 1 amide bonds. The molecule has 1 N–H and O–H groups in total. The van der Waals surface area contributed by atoms with Crippen molar-refractivity contribution < 1.29 is 9.18 Å². The van der Waals surface area contributed by atoms with Gasteiger partial charge < -0.3 is 4.98 Å². The highest BCUT2D eigenvalue weighted by molar-refractivity contribution is 9.10. The molecule has 0 aliphatic carbocycles. The van der Waals surface area contributed by atoms with Crippen LogP contribution in [0.2, 0.25) is 0 Å². The molecule has 120 valence electrons.